The van der Waals surface area contributed by atoms with E-state index in [4.69, 9.17) is 5.11 Å². The van der Waals surface area contributed by atoms with Crippen molar-refractivity contribution in [3.8, 4) is 0 Å². The average molecular weight is 153 g/mol. The van der Waals surface area contributed by atoms with Gasteiger partial charge in [0.05, 0.1) is 13.2 Å². The van der Waals surface area contributed by atoms with E-state index >= 15 is 0 Å². The minimum absolute atomic E-state index is 0.206. The quantitative estimate of drug-likeness (QED) is 0.615. The van der Waals surface area contributed by atoms with E-state index in [1.807, 2.05) is 10.9 Å². The molecule has 0 unspecified atom stereocenters. The van der Waals surface area contributed by atoms with Gasteiger partial charge in [-0.15, -0.1) is 0 Å². The summed E-state index contributed by atoms with van der Waals surface area (Å²) in [4.78, 5) is 4.17. The smallest absolute Gasteiger partial charge is 0.129 e. The number of hydrogen-bond donors (Lipinski definition) is 1. The number of fused-ring (bicyclic) bond motifs is 1. The van der Waals surface area contributed by atoms with E-state index in [1.165, 1.54) is 0 Å². The van der Waals surface area contributed by atoms with Gasteiger partial charge >= 0.3 is 0 Å². The van der Waals surface area contributed by atoms with Crippen molar-refractivity contribution in [2.75, 3.05) is 24.7 Å². The van der Waals surface area contributed by atoms with Crippen molar-refractivity contribution in [2.45, 2.75) is 6.42 Å². The lowest BCUT2D eigenvalue weighted by molar-refractivity contribution is 0.294. The highest BCUT2D eigenvalue weighted by Gasteiger charge is 2.17. The van der Waals surface area contributed by atoms with Crippen LogP contribution in [0.1, 0.15) is 5.82 Å². The molecule has 11 heavy (non-hydrogen) atoms. The molecule has 0 radical (unpaired) electrons. The van der Waals surface area contributed by atoms with Gasteiger partial charge in [0.2, 0.25) is 0 Å². The Hall–Kier alpha value is -1.03. The second-order valence-corrected chi connectivity index (χ2v) is 2.62. The first-order chi connectivity index (χ1) is 5.42. The molecule has 0 aromatic carbocycles. The Kier molecular flexibility index (Phi) is 1.54. The topological polar surface area (TPSA) is 41.3 Å². The summed E-state index contributed by atoms with van der Waals surface area (Å²) in [6.45, 7) is 1.88. The molecule has 1 aliphatic heterocycles. The highest BCUT2D eigenvalue weighted by Crippen LogP contribution is 2.08. The number of imidazole rings is 1. The molecular formula is C7H11N3O. The van der Waals surface area contributed by atoms with Crippen molar-refractivity contribution in [1.82, 2.24) is 9.66 Å². The first-order valence-corrected chi connectivity index (χ1v) is 3.80. The van der Waals surface area contributed by atoms with Crippen molar-refractivity contribution in [1.29, 1.82) is 0 Å². The SMILES string of the molecule is OCCN1CCc2nccn21. The zero-order chi connectivity index (χ0) is 7.68. The zero-order valence-corrected chi connectivity index (χ0v) is 6.27. The van der Waals surface area contributed by atoms with Gasteiger partial charge in [-0.05, 0) is 0 Å². The Morgan fingerprint density at radius 1 is 1.64 bits per heavy atom. The molecule has 0 atom stereocenters. The molecular weight excluding hydrogens is 142 g/mol. The number of aliphatic hydroxyl groups excluding tert-OH is 1. The number of aromatic nitrogens is 2. The first-order valence-electron chi connectivity index (χ1n) is 3.80. The lowest BCUT2D eigenvalue weighted by Crippen LogP contribution is -2.32. The average Bonchev–Trinajstić information content (AvgIpc) is 2.53. The fourth-order valence-electron chi connectivity index (χ4n) is 1.44. The van der Waals surface area contributed by atoms with Gasteiger partial charge < -0.3 is 10.1 Å². The fourth-order valence-corrected chi connectivity index (χ4v) is 1.44. The highest BCUT2D eigenvalue weighted by molar-refractivity contribution is 5.07. The largest absolute Gasteiger partial charge is 0.394 e. The van der Waals surface area contributed by atoms with Crippen LogP contribution < -0.4 is 5.01 Å². The van der Waals surface area contributed by atoms with Gasteiger partial charge in [-0.2, -0.15) is 0 Å². The summed E-state index contributed by atoms with van der Waals surface area (Å²) >= 11 is 0. The maximum Gasteiger partial charge on any atom is 0.129 e. The second-order valence-electron chi connectivity index (χ2n) is 2.62. The number of nitrogens with zero attached hydrogens (tertiary/aromatic N) is 3. The van der Waals surface area contributed by atoms with E-state index in [0.29, 0.717) is 6.54 Å². The molecule has 1 N–H and O–H groups in total. The summed E-state index contributed by atoms with van der Waals surface area (Å²) in [5, 5.41) is 10.8. The minimum atomic E-state index is 0.206. The lowest BCUT2D eigenvalue weighted by Gasteiger charge is -2.17. The van der Waals surface area contributed by atoms with Crippen LogP contribution in [-0.4, -0.2) is 34.5 Å². The van der Waals surface area contributed by atoms with E-state index < -0.39 is 0 Å². The van der Waals surface area contributed by atoms with Gasteiger partial charge in [-0.25, -0.2) is 9.66 Å². The van der Waals surface area contributed by atoms with Crippen LogP contribution in [0, 0.1) is 0 Å². The van der Waals surface area contributed by atoms with Crippen LogP contribution in [-0.2, 0) is 6.42 Å². The predicted molar refractivity (Wildman–Crippen MR) is 41.0 cm³/mol. The third-order valence-corrected chi connectivity index (χ3v) is 1.95. The molecule has 0 fully saturated rings. The summed E-state index contributed by atoms with van der Waals surface area (Å²) in [6.07, 6.45) is 4.71. The molecule has 0 bridgehead atoms. The summed E-state index contributed by atoms with van der Waals surface area (Å²) < 4.78 is 2.01. The van der Waals surface area contributed by atoms with Gasteiger partial charge in [0.1, 0.15) is 5.82 Å². The molecule has 4 nitrogen and oxygen atoms in total. The maximum atomic E-state index is 8.71. The normalized spacial score (nSPS) is 15.5. The minimum Gasteiger partial charge on any atom is -0.394 e. The summed E-state index contributed by atoms with van der Waals surface area (Å²) in [6, 6.07) is 0. The van der Waals surface area contributed by atoms with E-state index in [1.54, 1.807) is 6.20 Å². The van der Waals surface area contributed by atoms with Crippen molar-refractivity contribution in [2.24, 2.45) is 0 Å². The Morgan fingerprint density at radius 3 is 3.36 bits per heavy atom. The molecule has 2 heterocycles. The monoisotopic (exact) mass is 153 g/mol. The second kappa shape index (κ2) is 2.54. The maximum absolute atomic E-state index is 8.71. The van der Waals surface area contributed by atoms with Gasteiger partial charge in [0, 0.05) is 25.4 Å². The molecule has 0 spiro atoms. The van der Waals surface area contributed by atoms with E-state index in [-0.39, 0.29) is 6.61 Å². The number of β-amino-alcohol motifs (C(OH)–C–C–N with tert-alkyl or cyclic N) is 1. The third-order valence-electron chi connectivity index (χ3n) is 1.95. The van der Waals surface area contributed by atoms with Crippen LogP contribution in [0.5, 0.6) is 0 Å². The molecule has 4 heteroatoms. The molecule has 0 saturated heterocycles. The van der Waals surface area contributed by atoms with Crippen molar-refractivity contribution in [3.63, 3.8) is 0 Å². The van der Waals surface area contributed by atoms with E-state index in [0.717, 1.165) is 18.8 Å². The molecule has 1 aliphatic rings. The van der Waals surface area contributed by atoms with Crippen molar-refractivity contribution in [3.05, 3.63) is 18.2 Å². The lowest BCUT2D eigenvalue weighted by atomic mass is 10.4. The van der Waals surface area contributed by atoms with Gasteiger partial charge in [0.15, 0.2) is 0 Å². The Labute approximate surface area is 65.0 Å². The standard InChI is InChI=1S/C7H11N3O/c11-6-5-9-3-1-7-8-2-4-10(7)9/h2,4,11H,1,3,5-6H2. The summed E-state index contributed by atoms with van der Waals surface area (Å²) in [5.41, 5.74) is 0. The summed E-state index contributed by atoms with van der Waals surface area (Å²) in [7, 11) is 0. The molecule has 0 amide bonds. The van der Waals surface area contributed by atoms with Crippen LogP contribution in [0.2, 0.25) is 0 Å². The van der Waals surface area contributed by atoms with E-state index in [9.17, 15) is 0 Å². The Morgan fingerprint density at radius 2 is 2.55 bits per heavy atom. The zero-order valence-electron chi connectivity index (χ0n) is 6.27. The van der Waals surface area contributed by atoms with Crippen molar-refractivity contribution >= 4 is 0 Å². The van der Waals surface area contributed by atoms with Gasteiger partial charge in [-0.3, -0.25) is 0 Å². The Balaban J connectivity index is 2.18. The van der Waals surface area contributed by atoms with Crippen molar-refractivity contribution < 1.29 is 5.11 Å². The molecule has 2 rings (SSSR count). The fraction of sp³-hybridized carbons (Fsp3) is 0.571. The first kappa shape index (κ1) is 6.67. The number of aliphatic hydroxyl groups is 1. The number of hydrogen-bond acceptors (Lipinski definition) is 3. The van der Waals surface area contributed by atoms with Crippen LogP contribution in [0.3, 0.4) is 0 Å². The number of rotatable bonds is 2. The predicted octanol–water partition coefficient (Wildman–Crippen LogP) is -0.631. The third kappa shape index (κ3) is 0.991. The van der Waals surface area contributed by atoms with Crippen LogP contribution in [0.15, 0.2) is 12.4 Å². The summed E-state index contributed by atoms with van der Waals surface area (Å²) in [5.74, 6) is 1.10. The molecule has 60 valence electrons. The van der Waals surface area contributed by atoms with Crippen LogP contribution >= 0.6 is 0 Å². The Bertz CT molecular complexity index is 246. The van der Waals surface area contributed by atoms with Crippen LogP contribution in [0.25, 0.3) is 0 Å². The van der Waals surface area contributed by atoms with E-state index in [2.05, 4.69) is 9.99 Å². The molecule has 1 aromatic rings. The molecule has 0 aliphatic carbocycles. The van der Waals surface area contributed by atoms with Crippen LogP contribution in [0.4, 0.5) is 0 Å². The highest BCUT2D eigenvalue weighted by atomic mass is 16.3. The molecule has 1 aromatic heterocycles. The van der Waals surface area contributed by atoms with Gasteiger partial charge in [0.25, 0.3) is 0 Å². The van der Waals surface area contributed by atoms with Gasteiger partial charge in [-0.1, -0.05) is 0 Å². The molecule has 0 saturated carbocycles.